The lowest BCUT2D eigenvalue weighted by molar-refractivity contribution is 0.101. The van der Waals surface area contributed by atoms with E-state index in [4.69, 9.17) is 0 Å². The van der Waals surface area contributed by atoms with Gasteiger partial charge in [-0.05, 0) is 18.9 Å². The molecule has 1 aliphatic heterocycles. The number of hydrogen-bond acceptors (Lipinski definition) is 1. The van der Waals surface area contributed by atoms with Gasteiger partial charge in [-0.3, -0.25) is 4.79 Å². The molecule has 0 fully saturated rings. The molecule has 1 aromatic rings. The SMILES string of the molecule is CCCCCCC1=NC(=O)c2ccccc21. The Labute approximate surface area is 96.4 Å². The van der Waals surface area contributed by atoms with Gasteiger partial charge in [0.1, 0.15) is 0 Å². The number of rotatable bonds is 5. The van der Waals surface area contributed by atoms with Crippen molar-refractivity contribution in [3.63, 3.8) is 0 Å². The fourth-order valence-corrected chi connectivity index (χ4v) is 2.07. The Morgan fingerprint density at radius 1 is 1.06 bits per heavy atom. The van der Waals surface area contributed by atoms with Gasteiger partial charge in [-0.2, -0.15) is 0 Å². The molecule has 0 aromatic heterocycles. The van der Waals surface area contributed by atoms with Gasteiger partial charge in [0, 0.05) is 5.56 Å². The van der Waals surface area contributed by atoms with Crippen LogP contribution in [0.1, 0.15) is 54.9 Å². The van der Waals surface area contributed by atoms with E-state index in [1.807, 2.05) is 24.3 Å². The van der Waals surface area contributed by atoms with Crippen LogP contribution in [0.3, 0.4) is 0 Å². The van der Waals surface area contributed by atoms with Gasteiger partial charge in [0.25, 0.3) is 5.91 Å². The summed E-state index contributed by atoms with van der Waals surface area (Å²) in [5.74, 6) is -0.0684. The minimum atomic E-state index is -0.0684. The van der Waals surface area contributed by atoms with E-state index in [1.165, 1.54) is 19.3 Å². The highest BCUT2D eigenvalue weighted by molar-refractivity contribution is 6.21. The van der Waals surface area contributed by atoms with Gasteiger partial charge >= 0.3 is 0 Å². The summed E-state index contributed by atoms with van der Waals surface area (Å²) in [6.07, 6.45) is 5.80. The smallest absolute Gasteiger partial charge is 0.267 e. The quantitative estimate of drug-likeness (QED) is 0.690. The second kappa shape index (κ2) is 5.06. The molecule has 2 rings (SSSR count). The molecule has 0 saturated carbocycles. The van der Waals surface area contributed by atoms with Crippen LogP contribution in [0, 0.1) is 0 Å². The molecular formula is C14H17NO. The number of carbonyl (C=O) groups excluding carboxylic acids is 1. The first-order valence-electron chi connectivity index (χ1n) is 6.04. The number of carbonyl (C=O) groups is 1. The first kappa shape index (κ1) is 11.1. The molecule has 0 bridgehead atoms. The molecule has 1 aromatic carbocycles. The third-order valence-electron chi connectivity index (χ3n) is 2.97. The van der Waals surface area contributed by atoms with Gasteiger partial charge in [-0.15, -0.1) is 0 Å². The number of fused-ring (bicyclic) bond motifs is 1. The van der Waals surface area contributed by atoms with E-state index in [-0.39, 0.29) is 5.91 Å². The number of aliphatic imine (C=N–C) groups is 1. The minimum absolute atomic E-state index is 0.0684. The Hall–Kier alpha value is -1.44. The predicted molar refractivity (Wildman–Crippen MR) is 66.1 cm³/mol. The zero-order valence-electron chi connectivity index (χ0n) is 9.70. The molecule has 0 N–H and O–H groups in total. The molecule has 0 aliphatic carbocycles. The highest BCUT2D eigenvalue weighted by atomic mass is 16.1. The maximum absolute atomic E-state index is 11.6. The molecular weight excluding hydrogens is 198 g/mol. The second-order valence-corrected chi connectivity index (χ2v) is 4.22. The molecule has 0 spiro atoms. The largest absolute Gasteiger partial charge is 0.277 e. The Bertz CT molecular complexity index is 420. The molecule has 1 amide bonds. The first-order chi connectivity index (χ1) is 7.83. The summed E-state index contributed by atoms with van der Waals surface area (Å²) in [7, 11) is 0. The van der Waals surface area contributed by atoms with Crippen LogP contribution in [0.4, 0.5) is 0 Å². The molecule has 0 radical (unpaired) electrons. The molecule has 16 heavy (non-hydrogen) atoms. The predicted octanol–water partition coefficient (Wildman–Crippen LogP) is 3.60. The zero-order valence-corrected chi connectivity index (χ0v) is 9.70. The van der Waals surface area contributed by atoms with Crippen molar-refractivity contribution in [1.29, 1.82) is 0 Å². The Morgan fingerprint density at radius 2 is 1.81 bits per heavy atom. The minimum Gasteiger partial charge on any atom is -0.267 e. The number of nitrogens with zero attached hydrogens (tertiary/aromatic N) is 1. The van der Waals surface area contributed by atoms with Gasteiger partial charge in [0.2, 0.25) is 0 Å². The molecule has 0 unspecified atom stereocenters. The van der Waals surface area contributed by atoms with Crippen LogP contribution >= 0.6 is 0 Å². The van der Waals surface area contributed by atoms with Crippen molar-refractivity contribution in [2.24, 2.45) is 4.99 Å². The number of hydrogen-bond donors (Lipinski definition) is 0. The lowest BCUT2D eigenvalue weighted by Crippen LogP contribution is -1.98. The fourth-order valence-electron chi connectivity index (χ4n) is 2.07. The van der Waals surface area contributed by atoms with Crippen molar-refractivity contribution < 1.29 is 4.79 Å². The second-order valence-electron chi connectivity index (χ2n) is 4.22. The summed E-state index contributed by atoms with van der Waals surface area (Å²) in [4.78, 5) is 15.7. The van der Waals surface area contributed by atoms with Crippen LogP contribution in [-0.2, 0) is 0 Å². The standard InChI is InChI=1S/C14H17NO/c1-2-3-4-5-10-13-11-8-6-7-9-12(11)14(16)15-13/h6-9H,2-5,10H2,1H3. The van der Waals surface area contributed by atoms with E-state index in [9.17, 15) is 4.79 Å². The van der Waals surface area contributed by atoms with E-state index in [0.29, 0.717) is 0 Å². The van der Waals surface area contributed by atoms with Crippen LogP contribution in [0.15, 0.2) is 29.3 Å². The zero-order chi connectivity index (χ0) is 11.4. The van der Waals surface area contributed by atoms with Gasteiger partial charge in [0.15, 0.2) is 0 Å². The number of amides is 1. The van der Waals surface area contributed by atoms with Gasteiger partial charge in [-0.25, -0.2) is 4.99 Å². The third kappa shape index (κ3) is 2.21. The normalized spacial score (nSPS) is 13.8. The molecule has 2 nitrogen and oxygen atoms in total. The maximum Gasteiger partial charge on any atom is 0.277 e. The lowest BCUT2D eigenvalue weighted by atomic mass is 10.0. The van der Waals surface area contributed by atoms with E-state index >= 15 is 0 Å². The first-order valence-corrected chi connectivity index (χ1v) is 6.04. The summed E-state index contributed by atoms with van der Waals surface area (Å²) in [5.41, 5.74) is 2.80. The summed E-state index contributed by atoms with van der Waals surface area (Å²) in [6, 6.07) is 7.73. The molecule has 2 heteroatoms. The van der Waals surface area contributed by atoms with Crippen molar-refractivity contribution in [2.45, 2.75) is 39.0 Å². The molecule has 0 atom stereocenters. The molecule has 1 aliphatic rings. The summed E-state index contributed by atoms with van der Waals surface area (Å²) >= 11 is 0. The van der Waals surface area contributed by atoms with Gasteiger partial charge in [0.05, 0.1) is 11.3 Å². The fraction of sp³-hybridized carbons (Fsp3) is 0.429. The highest BCUT2D eigenvalue weighted by Crippen LogP contribution is 2.21. The Kier molecular flexibility index (Phi) is 3.50. The maximum atomic E-state index is 11.6. The van der Waals surface area contributed by atoms with E-state index < -0.39 is 0 Å². The summed E-state index contributed by atoms with van der Waals surface area (Å²) in [6.45, 7) is 2.20. The van der Waals surface area contributed by atoms with E-state index in [0.717, 1.165) is 29.7 Å². The summed E-state index contributed by atoms with van der Waals surface area (Å²) < 4.78 is 0. The monoisotopic (exact) mass is 215 g/mol. The number of unbranched alkanes of at least 4 members (excludes halogenated alkanes) is 3. The van der Waals surface area contributed by atoms with Crippen LogP contribution in [-0.4, -0.2) is 11.6 Å². The van der Waals surface area contributed by atoms with Gasteiger partial charge < -0.3 is 0 Å². The molecule has 1 heterocycles. The average Bonchev–Trinajstić information content (AvgIpc) is 2.63. The van der Waals surface area contributed by atoms with Crippen molar-refractivity contribution in [2.75, 3.05) is 0 Å². The lowest BCUT2D eigenvalue weighted by Gasteiger charge is -2.02. The van der Waals surface area contributed by atoms with Crippen molar-refractivity contribution in [3.8, 4) is 0 Å². The van der Waals surface area contributed by atoms with Crippen molar-refractivity contribution >= 4 is 11.6 Å². The topological polar surface area (TPSA) is 29.4 Å². The van der Waals surface area contributed by atoms with Gasteiger partial charge in [-0.1, -0.05) is 44.4 Å². The van der Waals surface area contributed by atoms with Crippen molar-refractivity contribution in [1.82, 2.24) is 0 Å². The highest BCUT2D eigenvalue weighted by Gasteiger charge is 2.21. The number of benzene rings is 1. The Balaban J connectivity index is 2.02. The third-order valence-corrected chi connectivity index (χ3v) is 2.97. The van der Waals surface area contributed by atoms with Crippen LogP contribution in [0.5, 0.6) is 0 Å². The summed E-state index contributed by atoms with van der Waals surface area (Å²) in [5, 5.41) is 0. The average molecular weight is 215 g/mol. The molecule has 84 valence electrons. The van der Waals surface area contributed by atoms with E-state index in [2.05, 4.69) is 11.9 Å². The van der Waals surface area contributed by atoms with E-state index in [1.54, 1.807) is 0 Å². The molecule has 0 saturated heterocycles. The van der Waals surface area contributed by atoms with Crippen molar-refractivity contribution in [3.05, 3.63) is 35.4 Å². The van der Waals surface area contributed by atoms with Crippen LogP contribution in [0.2, 0.25) is 0 Å². The van der Waals surface area contributed by atoms with Crippen LogP contribution < -0.4 is 0 Å². The van der Waals surface area contributed by atoms with Crippen LogP contribution in [0.25, 0.3) is 0 Å². The Morgan fingerprint density at radius 3 is 2.56 bits per heavy atom.